The molecule has 0 aromatic carbocycles. The summed E-state index contributed by atoms with van der Waals surface area (Å²) in [7, 11) is 3.25. The molecule has 2 N–H and O–H groups in total. The minimum Gasteiger partial charge on any atom is -0.388 e. The summed E-state index contributed by atoms with van der Waals surface area (Å²) in [5.41, 5.74) is 6.46. The summed E-state index contributed by atoms with van der Waals surface area (Å²) in [5, 5.41) is 4.39. The molecule has 1 amide bonds. The smallest absolute Gasteiger partial charge is 0.204 e. The molecule has 0 saturated heterocycles. The number of thiophene rings is 1. The van der Waals surface area contributed by atoms with Gasteiger partial charge in [-0.05, 0) is 45.4 Å². The first-order valence-electron chi connectivity index (χ1n) is 9.13. The fourth-order valence-electron chi connectivity index (χ4n) is 2.02. The molecule has 1 aliphatic carbocycles. The largest absolute Gasteiger partial charge is 0.388 e. The number of aromatic nitrogens is 2. The van der Waals surface area contributed by atoms with Gasteiger partial charge in [0.2, 0.25) is 6.41 Å². The monoisotopic (exact) mass is 417 g/mol. The number of nitrogens with two attached hydrogens (primary N) is 1. The zero-order valence-electron chi connectivity index (χ0n) is 17.8. The van der Waals surface area contributed by atoms with Crippen LogP contribution in [0.2, 0.25) is 0 Å². The van der Waals surface area contributed by atoms with Gasteiger partial charge in [-0.2, -0.15) is 5.10 Å². The van der Waals surface area contributed by atoms with E-state index >= 15 is 0 Å². The van der Waals surface area contributed by atoms with E-state index in [4.69, 9.17) is 4.79 Å². The van der Waals surface area contributed by atoms with E-state index in [0.717, 1.165) is 28.4 Å². The summed E-state index contributed by atoms with van der Waals surface area (Å²) in [5.74, 6) is 0.112. The maximum Gasteiger partial charge on any atom is 0.204 e. The van der Waals surface area contributed by atoms with Crippen LogP contribution in [0, 0.1) is 0 Å². The van der Waals surface area contributed by atoms with Gasteiger partial charge in [0.15, 0.2) is 5.78 Å². The predicted molar refractivity (Wildman–Crippen MR) is 121 cm³/mol. The van der Waals surface area contributed by atoms with Gasteiger partial charge in [-0.15, -0.1) is 11.3 Å². The number of amides is 1. The third-order valence-electron chi connectivity index (χ3n) is 3.35. The van der Waals surface area contributed by atoms with Gasteiger partial charge in [-0.25, -0.2) is 0 Å². The van der Waals surface area contributed by atoms with Crippen LogP contribution in [0.15, 0.2) is 60.3 Å². The summed E-state index contributed by atoms with van der Waals surface area (Å²) in [6.45, 7) is 6.61. The van der Waals surface area contributed by atoms with Crippen molar-refractivity contribution in [2.45, 2.75) is 33.7 Å². The van der Waals surface area contributed by atoms with Gasteiger partial charge in [0.05, 0.1) is 9.75 Å². The summed E-state index contributed by atoms with van der Waals surface area (Å²) in [6, 6.07) is 5.77. The van der Waals surface area contributed by atoms with E-state index in [2.05, 4.69) is 52.9 Å². The third kappa shape index (κ3) is 11.6. The highest BCUT2D eigenvalue weighted by Gasteiger charge is 2.08. The molecule has 7 heteroatoms. The molecule has 6 nitrogen and oxygen atoms in total. The summed E-state index contributed by atoms with van der Waals surface area (Å²) in [6.07, 6.45) is 13.9. The van der Waals surface area contributed by atoms with Crippen LogP contribution in [0.4, 0.5) is 0 Å². The average Bonchev–Trinajstić information content (AvgIpc) is 3.30. The van der Waals surface area contributed by atoms with Crippen LogP contribution in [-0.2, 0) is 16.1 Å². The van der Waals surface area contributed by atoms with Gasteiger partial charge in [0.1, 0.15) is 5.69 Å². The number of Topliss-reactive ketones (excluding diaryl/α,β-unsaturated/α-hetero) is 1. The Morgan fingerprint density at radius 1 is 1.31 bits per heavy atom. The molecule has 0 atom stereocenters. The normalized spacial score (nSPS) is 11.4. The molecule has 0 aliphatic heterocycles. The average molecular weight is 418 g/mol. The topological polar surface area (TPSA) is 87.2 Å². The second kappa shape index (κ2) is 16.2. The van der Waals surface area contributed by atoms with Crippen molar-refractivity contribution < 1.29 is 14.3 Å². The zero-order valence-corrected chi connectivity index (χ0v) is 18.6. The Morgan fingerprint density at radius 3 is 2.48 bits per heavy atom. The highest BCUT2D eigenvalue weighted by Crippen LogP contribution is 2.26. The minimum absolute atomic E-state index is 0.112. The lowest BCUT2D eigenvalue weighted by molar-refractivity contribution is -0.106. The first-order chi connectivity index (χ1) is 13.9. The SMILES string of the molecule is CC1=CCC=CC=C1.CCn1ccc(-c2ccc(C(C)=O)s2)n1.COC.NC=O. The molecule has 29 heavy (non-hydrogen) atoms. The predicted octanol–water partition coefficient (Wildman–Crippen LogP) is 4.65. The molecule has 2 aromatic rings. The van der Waals surface area contributed by atoms with Crippen LogP contribution in [0.25, 0.3) is 10.6 Å². The molecular formula is C22H31N3O3S. The van der Waals surface area contributed by atoms with Gasteiger partial charge in [0.25, 0.3) is 0 Å². The van der Waals surface area contributed by atoms with Gasteiger partial charge in [-0.1, -0.05) is 36.0 Å². The quantitative estimate of drug-likeness (QED) is 0.582. The Bertz CT molecular complexity index is 814. The van der Waals surface area contributed by atoms with E-state index in [1.165, 1.54) is 16.9 Å². The Kier molecular flexibility index (Phi) is 14.7. The van der Waals surface area contributed by atoms with Crippen molar-refractivity contribution in [1.82, 2.24) is 9.78 Å². The first-order valence-corrected chi connectivity index (χ1v) is 9.95. The lowest BCUT2D eigenvalue weighted by Crippen LogP contribution is -1.93. The Balaban J connectivity index is 0.000000470. The number of hydrogen-bond donors (Lipinski definition) is 1. The van der Waals surface area contributed by atoms with E-state index in [0.29, 0.717) is 0 Å². The number of ketones is 1. The van der Waals surface area contributed by atoms with Gasteiger partial charge in [0, 0.05) is 27.0 Å². The molecule has 0 spiro atoms. The molecule has 0 unspecified atom stereocenters. The summed E-state index contributed by atoms with van der Waals surface area (Å²) >= 11 is 1.49. The number of ether oxygens (including phenoxy) is 1. The molecule has 2 aromatic heterocycles. The van der Waals surface area contributed by atoms with Crippen LogP contribution < -0.4 is 5.73 Å². The standard InChI is InChI=1S/C11H12N2OS.C8H10.C2H6O.CH3NO/c1-3-13-7-6-9(12-13)11-5-4-10(15-11)8(2)14;1-8-6-4-2-3-5-7-8;1-3-2;2-1-3/h4-7H,3H2,1-2H3;2-4,6-7H,5H2,1H3;1-2H3;1H,(H2,2,3). The highest BCUT2D eigenvalue weighted by molar-refractivity contribution is 7.17. The molecule has 0 fully saturated rings. The summed E-state index contributed by atoms with van der Waals surface area (Å²) < 4.78 is 6.13. The number of allylic oxidation sites excluding steroid dienone is 6. The second-order valence-corrected chi connectivity index (χ2v) is 6.88. The molecule has 0 radical (unpaired) electrons. The lowest BCUT2D eigenvalue weighted by Gasteiger charge is -1.92. The van der Waals surface area contributed by atoms with E-state index < -0.39 is 0 Å². The van der Waals surface area contributed by atoms with Crippen molar-refractivity contribution in [3.05, 3.63) is 65.2 Å². The first kappa shape index (κ1) is 26.2. The van der Waals surface area contributed by atoms with Gasteiger partial charge >= 0.3 is 0 Å². The van der Waals surface area contributed by atoms with Crippen LogP contribution in [0.1, 0.15) is 36.9 Å². The maximum atomic E-state index is 11.1. The number of nitrogens with zero attached hydrogens (tertiary/aromatic N) is 2. The Morgan fingerprint density at radius 2 is 1.97 bits per heavy atom. The number of primary amides is 1. The van der Waals surface area contributed by atoms with Crippen molar-refractivity contribution >= 4 is 23.5 Å². The van der Waals surface area contributed by atoms with Crippen LogP contribution in [0.3, 0.4) is 0 Å². The molecule has 0 saturated carbocycles. The molecule has 1 aliphatic rings. The van der Waals surface area contributed by atoms with E-state index in [-0.39, 0.29) is 12.2 Å². The van der Waals surface area contributed by atoms with Gasteiger partial charge in [-0.3, -0.25) is 14.3 Å². The van der Waals surface area contributed by atoms with Crippen LogP contribution >= 0.6 is 11.3 Å². The zero-order chi connectivity index (χ0) is 22.1. The van der Waals surface area contributed by atoms with E-state index in [1.807, 2.05) is 36.0 Å². The molecule has 3 rings (SSSR count). The highest BCUT2D eigenvalue weighted by atomic mass is 32.1. The van der Waals surface area contributed by atoms with E-state index in [9.17, 15) is 4.79 Å². The number of rotatable bonds is 3. The Labute approximate surface area is 177 Å². The fraction of sp³-hybridized carbons (Fsp3) is 0.318. The fourth-order valence-corrected chi connectivity index (χ4v) is 2.89. The molecule has 2 heterocycles. The van der Waals surface area contributed by atoms with Crippen molar-refractivity contribution in [2.24, 2.45) is 5.73 Å². The maximum absolute atomic E-state index is 11.1. The van der Waals surface area contributed by atoms with Crippen molar-refractivity contribution in [2.75, 3.05) is 14.2 Å². The van der Waals surface area contributed by atoms with Crippen LogP contribution in [0.5, 0.6) is 0 Å². The van der Waals surface area contributed by atoms with Crippen LogP contribution in [-0.4, -0.2) is 36.2 Å². The van der Waals surface area contributed by atoms with Gasteiger partial charge < -0.3 is 10.5 Å². The summed E-state index contributed by atoms with van der Waals surface area (Å²) in [4.78, 5) is 21.6. The van der Waals surface area contributed by atoms with Crippen molar-refractivity contribution in [3.8, 4) is 10.6 Å². The van der Waals surface area contributed by atoms with Crippen molar-refractivity contribution in [1.29, 1.82) is 0 Å². The number of carbonyl (C=O) groups is 2. The second-order valence-electron chi connectivity index (χ2n) is 5.79. The molecule has 0 bridgehead atoms. The number of carbonyl (C=O) groups excluding carboxylic acids is 2. The molecular weight excluding hydrogens is 386 g/mol. The minimum atomic E-state index is 0.112. The van der Waals surface area contributed by atoms with Crippen molar-refractivity contribution in [3.63, 3.8) is 0 Å². The Hall–Kier alpha value is -2.77. The third-order valence-corrected chi connectivity index (χ3v) is 4.56. The number of aryl methyl sites for hydroxylation is 1. The lowest BCUT2D eigenvalue weighted by atomic mass is 10.2. The van der Waals surface area contributed by atoms with E-state index in [1.54, 1.807) is 21.1 Å². The molecule has 158 valence electrons. The number of methoxy groups -OCH3 is 1. The number of hydrogen-bond acceptors (Lipinski definition) is 5.